The molecule has 7 heteroatoms. The van der Waals surface area contributed by atoms with E-state index in [-0.39, 0.29) is 29.8 Å². The third-order valence-corrected chi connectivity index (χ3v) is 4.58. The number of nitrogens with zero attached hydrogens (tertiary/aromatic N) is 2. The number of carbonyl (C=O) groups is 2. The van der Waals surface area contributed by atoms with Crippen LogP contribution in [0, 0.1) is 5.82 Å². The number of benzene rings is 1. The number of hydrogen-bond donors (Lipinski definition) is 1. The molecule has 1 heterocycles. The highest BCUT2D eigenvalue weighted by molar-refractivity contribution is 5.94. The number of halogens is 2. The highest BCUT2D eigenvalue weighted by Gasteiger charge is 2.23. The molecule has 0 aromatic heterocycles. The molecule has 0 unspecified atom stereocenters. The van der Waals surface area contributed by atoms with Gasteiger partial charge >= 0.3 is 0 Å². The van der Waals surface area contributed by atoms with Crippen LogP contribution in [0.15, 0.2) is 24.3 Å². The topological polar surface area (TPSA) is 66.6 Å². The van der Waals surface area contributed by atoms with E-state index in [0.29, 0.717) is 39.1 Å². The molecule has 2 amide bonds. The molecule has 0 spiro atoms. The van der Waals surface area contributed by atoms with Crippen LogP contribution in [0.1, 0.15) is 48.9 Å². The summed E-state index contributed by atoms with van der Waals surface area (Å²) in [5.74, 6) is -0.649. The second-order valence-corrected chi connectivity index (χ2v) is 6.46. The molecule has 1 aromatic carbocycles. The predicted molar refractivity (Wildman–Crippen MR) is 103 cm³/mol. The number of hydrogen-bond acceptors (Lipinski definition) is 3. The Hall–Kier alpha value is -1.66. The molecule has 146 valence electrons. The molecule has 1 fully saturated rings. The van der Waals surface area contributed by atoms with E-state index in [1.54, 1.807) is 17.0 Å². The molecule has 0 atom stereocenters. The number of unbranched alkanes of at least 4 members (excludes halogenated alkanes) is 3. The maximum absolute atomic E-state index is 13.8. The van der Waals surface area contributed by atoms with E-state index in [0.717, 1.165) is 32.1 Å². The van der Waals surface area contributed by atoms with Gasteiger partial charge in [-0.25, -0.2) is 4.39 Å². The van der Waals surface area contributed by atoms with Gasteiger partial charge in [0.05, 0.1) is 5.56 Å². The van der Waals surface area contributed by atoms with Crippen LogP contribution in [0.5, 0.6) is 0 Å². The molecule has 2 rings (SSSR count). The van der Waals surface area contributed by atoms with E-state index >= 15 is 0 Å². The Morgan fingerprint density at radius 3 is 2.35 bits per heavy atom. The van der Waals surface area contributed by atoms with Crippen LogP contribution in [-0.4, -0.2) is 54.3 Å². The molecule has 1 aliphatic rings. The molecular formula is C19H29ClFN3O2. The van der Waals surface area contributed by atoms with Crippen molar-refractivity contribution >= 4 is 24.2 Å². The van der Waals surface area contributed by atoms with Crippen molar-refractivity contribution < 1.29 is 14.0 Å². The largest absolute Gasteiger partial charge is 0.341 e. The molecule has 2 N–H and O–H groups in total. The first-order valence-electron chi connectivity index (χ1n) is 9.15. The molecule has 0 bridgehead atoms. The lowest BCUT2D eigenvalue weighted by Gasteiger charge is -2.22. The smallest absolute Gasteiger partial charge is 0.256 e. The Morgan fingerprint density at radius 1 is 0.962 bits per heavy atom. The van der Waals surface area contributed by atoms with Crippen molar-refractivity contribution in [1.29, 1.82) is 0 Å². The summed E-state index contributed by atoms with van der Waals surface area (Å²) in [6.45, 7) is 2.87. The normalized spacial score (nSPS) is 14.5. The van der Waals surface area contributed by atoms with Gasteiger partial charge in [-0.2, -0.15) is 0 Å². The zero-order valence-electron chi connectivity index (χ0n) is 15.2. The van der Waals surface area contributed by atoms with E-state index in [4.69, 9.17) is 5.73 Å². The van der Waals surface area contributed by atoms with Crippen molar-refractivity contribution in [3.8, 4) is 0 Å². The number of carbonyl (C=O) groups excluding carboxylic acids is 2. The summed E-state index contributed by atoms with van der Waals surface area (Å²) < 4.78 is 13.8. The van der Waals surface area contributed by atoms with Crippen LogP contribution >= 0.6 is 12.4 Å². The second kappa shape index (κ2) is 11.9. The van der Waals surface area contributed by atoms with Gasteiger partial charge in [0.2, 0.25) is 5.91 Å². The van der Waals surface area contributed by atoms with Gasteiger partial charge in [0.1, 0.15) is 5.82 Å². The first-order valence-corrected chi connectivity index (χ1v) is 9.15. The fraction of sp³-hybridized carbons (Fsp3) is 0.579. The van der Waals surface area contributed by atoms with Gasteiger partial charge in [0.25, 0.3) is 5.91 Å². The SMILES string of the molecule is Cl.NCCCCCCC(=O)N1CCCN(C(=O)c2ccccc2F)CC1. The molecule has 1 saturated heterocycles. The van der Waals surface area contributed by atoms with Crippen LogP contribution in [0.4, 0.5) is 4.39 Å². The van der Waals surface area contributed by atoms with Crippen molar-refractivity contribution in [3.05, 3.63) is 35.6 Å². The van der Waals surface area contributed by atoms with Crippen LogP contribution in [0.3, 0.4) is 0 Å². The van der Waals surface area contributed by atoms with Crippen LogP contribution in [-0.2, 0) is 4.79 Å². The van der Waals surface area contributed by atoms with Crippen molar-refractivity contribution in [3.63, 3.8) is 0 Å². The lowest BCUT2D eigenvalue weighted by molar-refractivity contribution is -0.131. The zero-order chi connectivity index (χ0) is 18.1. The van der Waals surface area contributed by atoms with Crippen molar-refractivity contribution in [2.24, 2.45) is 5.73 Å². The molecule has 0 radical (unpaired) electrons. The monoisotopic (exact) mass is 385 g/mol. The summed E-state index contributed by atoms with van der Waals surface area (Å²) in [6.07, 6.45) is 5.24. The quantitative estimate of drug-likeness (QED) is 0.734. The average Bonchev–Trinajstić information content (AvgIpc) is 2.87. The first kappa shape index (κ1) is 22.4. The first-order chi connectivity index (χ1) is 12.1. The lowest BCUT2D eigenvalue weighted by atomic mass is 10.1. The maximum atomic E-state index is 13.8. The summed E-state index contributed by atoms with van der Waals surface area (Å²) >= 11 is 0. The summed E-state index contributed by atoms with van der Waals surface area (Å²) in [4.78, 5) is 28.3. The molecule has 5 nitrogen and oxygen atoms in total. The number of rotatable bonds is 7. The van der Waals surface area contributed by atoms with Crippen molar-refractivity contribution in [2.75, 3.05) is 32.7 Å². The van der Waals surface area contributed by atoms with E-state index in [9.17, 15) is 14.0 Å². The third kappa shape index (κ3) is 6.57. The van der Waals surface area contributed by atoms with Gasteiger partial charge < -0.3 is 15.5 Å². The number of nitrogens with two attached hydrogens (primary N) is 1. The standard InChI is InChI=1S/C19H28FN3O2.ClH/c20-17-9-5-4-8-16(17)19(25)23-13-7-12-22(14-15-23)18(24)10-3-1-2-6-11-21;/h4-5,8-9H,1-3,6-7,10-15,21H2;1H. The highest BCUT2D eigenvalue weighted by Crippen LogP contribution is 2.14. The summed E-state index contributed by atoms with van der Waals surface area (Å²) in [7, 11) is 0. The van der Waals surface area contributed by atoms with Gasteiger partial charge in [0.15, 0.2) is 0 Å². The van der Waals surface area contributed by atoms with Gasteiger partial charge in [-0.3, -0.25) is 9.59 Å². The predicted octanol–water partition coefficient (Wildman–Crippen LogP) is 2.83. The van der Waals surface area contributed by atoms with E-state index in [1.807, 2.05) is 4.90 Å². The van der Waals surface area contributed by atoms with E-state index < -0.39 is 5.82 Å². The third-order valence-electron chi connectivity index (χ3n) is 4.58. The molecule has 26 heavy (non-hydrogen) atoms. The van der Waals surface area contributed by atoms with Gasteiger partial charge in [-0.05, 0) is 37.9 Å². The molecule has 1 aliphatic heterocycles. The Kier molecular flexibility index (Phi) is 10.2. The fourth-order valence-electron chi connectivity index (χ4n) is 3.11. The van der Waals surface area contributed by atoms with E-state index in [1.165, 1.54) is 12.1 Å². The van der Waals surface area contributed by atoms with Crippen LogP contribution in [0.2, 0.25) is 0 Å². The average molecular weight is 386 g/mol. The molecule has 0 saturated carbocycles. The highest BCUT2D eigenvalue weighted by atomic mass is 35.5. The molecule has 1 aromatic rings. The summed E-state index contributed by atoms with van der Waals surface area (Å²) in [5, 5.41) is 0. The maximum Gasteiger partial charge on any atom is 0.256 e. The minimum Gasteiger partial charge on any atom is -0.341 e. The van der Waals surface area contributed by atoms with Gasteiger partial charge in [0, 0.05) is 32.6 Å². The molecular weight excluding hydrogens is 357 g/mol. The second-order valence-electron chi connectivity index (χ2n) is 6.46. The number of amides is 2. The Labute approximate surface area is 161 Å². The zero-order valence-corrected chi connectivity index (χ0v) is 16.0. The minimum absolute atomic E-state index is 0. The Morgan fingerprint density at radius 2 is 1.62 bits per heavy atom. The lowest BCUT2D eigenvalue weighted by Crippen LogP contribution is -2.37. The van der Waals surface area contributed by atoms with Crippen LogP contribution in [0.25, 0.3) is 0 Å². The fourth-order valence-corrected chi connectivity index (χ4v) is 3.11. The minimum atomic E-state index is -0.498. The van der Waals surface area contributed by atoms with Crippen molar-refractivity contribution in [2.45, 2.75) is 38.5 Å². The van der Waals surface area contributed by atoms with Gasteiger partial charge in [-0.15, -0.1) is 12.4 Å². The molecule has 0 aliphatic carbocycles. The Bertz CT molecular complexity index is 586. The van der Waals surface area contributed by atoms with Crippen molar-refractivity contribution in [1.82, 2.24) is 9.80 Å². The van der Waals surface area contributed by atoms with Gasteiger partial charge in [-0.1, -0.05) is 25.0 Å². The van der Waals surface area contributed by atoms with E-state index in [2.05, 4.69) is 0 Å². The summed E-state index contributed by atoms with van der Waals surface area (Å²) in [6, 6.07) is 6.04. The summed E-state index contributed by atoms with van der Waals surface area (Å²) in [5.41, 5.74) is 5.56. The Balaban J connectivity index is 0.00000338. The van der Waals surface area contributed by atoms with Crippen LogP contribution < -0.4 is 5.73 Å².